The molecule has 1 atom stereocenters. The molecule has 1 aliphatic carbocycles. The van der Waals surface area contributed by atoms with Crippen molar-refractivity contribution in [3.63, 3.8) is 0 Å². The van der Waals surface area contributed by atoms with E-state index in [1.54, 1.807) is 0 Å². The minimum absolute atomic E-state index is 0.663. The summed E-state index contributed by atoms with van der Waals surface area (Å²) < 4.78 is 0. The predicted molar refractivity (Wildman–Crippen MR) is 79.0 cm³/mol. The maximum Gasteiger partial charge on any atom is 0.0108 e. The molecule has 1 saturated carbocycles. The van der Waals surface area contributed by atoms with Crippen molar-refractivity contribution in [1.29, 1.82) is 0 Å². The number of benzene rings is 1. The van der Waals surface area contributed by atoms with Crippen LogP contribution in [0.1, 0.15) is 49.3 Å². The second kappa shape index (κ2) is 6.38. The molecule has 0 aromatic heterocycles. The molecule has 0 radical (unpaired) electrons. The van der Waals surface area contributed by atoms with Crippen molar-refractivity contribution in [2.45, 2.75) is 58.9 Å². The Hall–Kier alpha value is -0.820. The van der Waals surface area contributed by atoms with Crippen LogP contribution in [0.5, 0.6) is 0 Å². The molecule has 2 rings (SSSR count). The highest BCUT2D eigenvalue weighted by atomic mass is 14.9. The SMILES string of the molecule is CCNC(CCC1CC1)Cc1cc(C)ccc1C. The van der Waals surface area contributed by atoms with Gasteiger partial charge < -0.3 is 5.32 Å². The summed E-state index contributed by atoms with van der Waals surface area (Å²) in [5, 5.41) is 3.66. The zero-order chi connectivity index (χ0) is 13.0. The number of hydrogen-bond donors (Lipinski definition) is 1. The first-order valence-electron chi connectivity index (χ1n) is 7.48. The van der Waals surface area contributed by atoms with Crippen LogP contribution in [0.4, 0.5) is 0 Å². The summed E-state index contributed by atoms with van der Waals surface area (Å²) in [5.41, 5.74) is 4.35. The van der Waals surface area contributed by atoms with Crippen LogP contribution in [0.15, 0.2) is 18.2 Å². The molecule has 1 aromatic rings. The standard InChI is InChI=1S/C17H27N/c1-4-18-17(10-9-15-7-8-15)12-16-11-13(2)5-6-14(16)3/h5-6,11,15,17-18H,4,7-10,12H2,1-3H3. The number of nitrogens with one attached hydrogen (secondary N) is 1. The van der Waals surface area contributed by atoms with Gasteiger partial charge in [0.15, 0.2) is 0 Å². The first kappa shape index (κ1) is 13.6. The summed E-state index contributed by atoms with van der Waals surface area (Å²) in [6, 6.07) is 7.49. The first-order valence-corrected chi connectivity index (χ1v) is 7.48. The molecule has 1 nitrogen and oxygen atoms in total. The molecule has 100 valence electrons. The Morgan fingerprint density at radius 3 is 2.72 bits per heavy atom. The molecule has 0 bridgehead atoms. The van der Waals surface area contributed by atoms with Gasteiger partial charge in [-0.05, 0) is 56.7 Å². The van der Waals surface area contributed by atoms with Crippen LogP contribution in [0, 0.1) is 19.8 Å². The average Bonchev–Trinajstić information content (AvgIpc) is 3.15. The predicted octanol–water partition coefficient (Wildman–Crippen LogP) is 4.01. The van der Waals surface area contributed by atoms with Crippen LogP contribution in [-0.4, -0.2) is 12.6 Å². The van der Waals surface area contributed by atoms with Gasteiger partial charge in [0, 0.05) is 6.04 Å². The minimum atomic E-state index is 0.663. The Labute approximate surface area is 112 Å². The maximum atomic E-state index is 3.66. The monoisotopic (exact) mass is 245 g/mol. The Morgan fingerprint density at radius 1 is 1.28 bits per heavy atom. The molecule has 1 aromatic carbocycles. The van der Waals surface area contributed by atoms with E-state index in [1.165, 1.54) is 48.8 Å². The van der Waals surface area contributed by atoms with Gasteiger partial charge in [0.25, 0.3) is 0 Å². The van der Waals surface area contributed by atoms with E-state index in [2.05, 4.69) is 44.3 Å². The molecule has 0 amide bonds. The van der Waals surface area contributed by atoms with E-state index in [1.807, 2.05) is 0 Å². The Morgan fingerprint density at radius 2 is 2.06 bits per heavy atom. The topological polar surface area (TPSA) is 12.0 Å². The zero-order valence-corrected chi connectivity index (χ0v) is 12.1. The molecular formula is C17H27N. The van der Waals surface area contributed by atoms with Crippen molar-refractivity contribution < 1.29 is 0 Å². The van der Waals surface area contributed by atoms with Crippen molar-refractivity contribution in [2.24, 2.45) is 5.92 Å². The molecule has 1 N–H and O–H groups in total. The van der Waals surface area contributed by atoms with Gasteiger partial charge in [-0.25, -0.2) is 0 Å². The lowest BCUT2D eigenvalue weighted by Gasteiger charge is -2.19. The van der Waals surface area contributed by atoms with Crippen LogP contribution in [0.25, 0.3) is 0 Å². The summed E-state index contributed by atoms with van der Waals surface area (Å²) in [6.07, 6.45) is 6.90. The number of likely N-dealkylation sites (N-methyl/N-ethyl adjacent to an activating group) is 1. The Balaban J connectivity index is 1.94. The fourth-order valence-electron chi connectivity index (χ4n) is 2.69. The summed E-state index contributed by atoms with van der Waals surface area (Å²) in [7, 11) is 0. The highest BCUT2D eigenvalue weighted by Gasteiger charge is 2.22. The lowest BCUT2D eigenvalue weighted by Crippen LogP contribution is -2.31. The van der Waals surface area contributed by atoms with Crippen molar-refractivity contribution >= 4 is 0 Å². The molecule has 0 aliphatic heterocycles. The number of rotatable bonds is 7. The fraction of sp³-hybridized carbons (Fsp3) is 0.647. The summed E-state index contributed by atoms with van der Waals surface area (Å²) in [6.45, 7) is 7.72. The quantitative estimate of drug-likeness (QED) is 0.765. The van der Waals surface area contributed by atoms with Crippen LogP contribution >= 0.6 is 0 Å². The summed E-state index contributed by atoms with van der Waals surface area (Å²) in [4.78, 5) is 0. The van der Waals surface area contributed by atoms with E-state index in [-0.39, 0.29) is 0 Å². The first-order chi connectivity index (χ1) is 8.69. The van der Waals surface area contributed by atoms with E-state index < -0.39 is 0 Å². The molecule has 1 fully saturated rings. The van der Waals surface area contributed by atoms with Crippen molar-refractivity contribution in [3.8, 4) is 0 Å². The van der Waals surface area contributed by atoms with Gasteiger partial charge in [-0.15, -0.1) is 0 Å². The summed E-state index contributed by atoms with van der Waals surface area (Å²) in [5.74, 6) is 1.05. The van der Waals surface area contributed by atoms with Gasteiger partial charge in [-0.1, -0.05) is 43.5 Å². The van der Waals surface area contributed by atoms with Crippen molar-refractivity contribution in [3.05, 3.63) is 34.9 Å². The Bertz CT molecular complexity index is 379. The second-order valence-electron chi connectivity index (χ2n) is 5.91. The second-order valence-corrected chi connectivity index (χ2v) is 5.91. The van der Waals surface area contributed by atoms with Crippen molar-refractivity contribution in [1.82, 2.24) is 5.32 Å². The third kappa shape index (κ3) is 4.13. The molecule has 0 spiro atoms. The maximum absolute atomic E-state index is 3.66. The van der Waals surface area contributed by atoms with Crippen molar-refractivity contribution in [2.75, 3.05) is 6.54 Å². The lowest BCUT2D eigenvalue weighted by atomic mass is 9.96. The van der Waals surface area contributed by atoms with E-state index in [0.29, 0.717) is 6.04 Å². The van der Waals surface area contributed by atoms with E-state index in [9.17, 15) is 0 Å². The van der Waals surface area contributed by atoms with Gasteiger partial charge in [0.2, 0.25) is 0 Å². The van der Waals surface area contributed by atoms with Gasteiger partial charge in [-0.2, -0.15) is 0 Å². The van der Waals surface area contributed by atoms with Gasteiger partial charge in [0.1, 0.15) is 0 Å². The Kier molecular flexibility index (Phi) is 4.82. The third-order valence-corrected chi connectivity index (χ3v) is 4.08. The third-order valence-electron chi connectivity index (χ3n) is 4.08. The number of aryl methyl sites for hydroxylation is 2. The highest BCUT2D eigenvalue weighted by Crippen LogP contribution is 2.34. The smallest absolute Gasteiger partial charge is 0.0108 e. The number of hydrogen-bond acceptors (Lipinski definition) is 1. The van der Waals surface area contributed by atoms with Gasteiger partial charge in [0.05, 0.1) is 0 Å². The summed E-state index contributed by atoms with van der Waals surface area (Å²) >= 11 is 0. The molecule has 0 saturated heterocycles. The molecule has 0 heterocycles. The molecule has 1 aliphatic rings. The molecule has 18 heavy (non-hydrogen) atoms. The molecule has 1 heteroatoms. The fourth-order valence-corrected chi connectivity index (χ4v) is 2.69. The molecular weight excluding hydrogens is 218 g/mol. The largest absolute Gasteiger partial charge is 0.314 e. The van der Waals surface area contributed by atoms with E-state index in [4.69, 9.17) is 0 Å². The van der Waals surface area contributed by atoms with E-state index in [0.717, 1.165) is 12.5 Å². The molecule has 1 unspecified atom stereocenters. The zero-order valence-electron chi connectivity index (χ0n) is 12.1. The van der Waals surface area contributed by atoms with Gasteiger partial charge >= 0.3 is 0 Å². The minimum Gasteiger partial charge on any atom is -0.314 e. The average molecular weight is 245 g/mol. The van der Waals surface area contributed by atoms with Crippen LogP contribution in [0.3, 0.4) is 0 Å². The van der Waals surface area contributed by atoms with Crippen LogP contribution < -0.4 is 5.32 Å². The van der Waals surface area contributed by atoms with E-state index >= 15 is 0 Å². The normalized spacial score (nSPS) is 16.8. The lowest BCUT2D eigenvalue weighted by molar-refractivity contribution is 0.462. The van der Waals surface area contributed by atoms with Crippen LogP contribution in [0.2, 0.25) is 0 Å². The highest BCUT2D eigenvalue weighted by molar-refractivity contribution is 5.31. The van der Waals surface area contributed by atoms with Crippen LogP contribution in [-0.2, 0) is 6.42 Å². The van der Waals surface area contributed by atoms with Gasteiger partial charge in [-0.3, -0.25) is 0 Å².